The number of hydrogen-bond donors (Lipinski definition) is 1. The van der Waals surface area contributed by atoms with Gasteiger partial charge in [-0.15, -0.1) is 11.3 Å². The van der Waals surface area contributed by atoms with Crippen LogP contribution in [0.25, 0.3) is 5.69 Å². The van der Waals surface area contributed by atoms with E-state index >= 15 is 0 Å². The van der Waals surface area contributed by atoms with E-state index < -0.39 is 0 Å². The molecule has 1 N–H and O–H groups in total. The van der Waals surface area contributed by atoms with Gasteiger partial charge >= 0.3 is 0 Å². The molecule has 3 aromatic rings. The second-order valence-electron chi connectivity index (χ2n) is 6.62. The van der Waals surface area contributed by atoms with Crippen molar-refractivity contribution in [1.29, 1.82) is 0 Å². The lowest BCUT2D eigenvalue weighted by Gasteiger charge is -2.32. The molecule has 0 spiro atoms. The van der Waals surface area contributed by atoms with Crippen molar-refractivity contribution in [2.75, 3.05) is 13.1 Å². The number of carbonyl (C=O) groups excluding carboxylic acids is 1. The Hall–Kier alpha value is -2.44. The molecule has 2 aromatic heterocycles. The minimum atomic E-state index is 0.0129. The van der Waals surface area contributed by atoms with E-state index in [1.807, 2.05) is 46.4 Å². The molecule has 6 heteroatoms. The Bertz CT molecular complexity index is 819. The SMILES string of the molecule is O=C(NC1CCN(Cc2cccs2)CC1)c1ccc(-n2ccnc2)cc1. The first kappa shape index (κ1) is 17.0. The number of nitrogens with one attached hydrogen (secondary N) is 1. The molecule has 3 heterocycles. The summed E-state index contributed by atoms with van der Waals surface area (Å²) in [5.41, 5.74) is 1.70. The monoisotopic (exact) mass is 366 g/mol. The van der Waals surface area contributed by atoms with Gasteiger partial charge in [0.1, 0.15) is 0 Å². The quantitative estimate of drug-likeness (QED) is 0.754. The number of nitrogens with zero attached hydrogens (tertiary/aromatic N) is 3. The first-order valence-corrected chi connectivity index (χ1v) is 9.80. The standard InChI is InChI=1S/C20H22N4OS/c25-20(16-3-5-18(6-4-16)24-12-9-21-15-24)22-17-7-10-23(11-8-17)14-19-2-1-13-26-19/h1-6,9,12-13,15,17H,7-8,10-11,14H2,(H,22,25). The molecule has 0 saturated carbocycles. The fourth-order valence-electron chi connectivity index (χ4n) is 3.32. The van der Waals surface area contributed by atoms with Crippen LogP contribution in [0.1, 0.15) is 28.1 Å². The van der Waals surface area contributed by atoms with E-state index in [0.29, 0.717) is 5.56 Å². The summed E-state index contributed by atoms with van der Waals surface area (Å²) in [5.74, 6) is 0.0129. The van der Waals surface area contributed by atoms with Crippen LogP contribution in [0.5, 0.6) is 0 Å². The highest BCUT2D eigenvalue weighted by atomic mass is 32.1. The highest BCUT2D eigenvalue weighted by Gasteiger charge is 2.21. The second-order valence-corrected chi connectivity index (χ2v) is 7.65. The summed E-state index contributed by atoms with van der Waals surface area (Å²) in [7, 11) is 0. The number of piperidine rings is 1. The summed E-state index contributed by atoms with van der Waals surface area (Å²) in [6.45, 7) is 3.08. The molecule has 5 nitrogen and oxygen atoms in total. The lowest BCUT2D eigenvalue weighted by atomic mass is 10.0. The Labute approximate surface area is 157 Å². The summed E-state index contributed by atoms with van der Waals surface area (Å²) in [4.78, 5) is 20.4. The van der Waals surface area contributed by atoms with E-state index in [1.54, 1.807) is 12.5 Å². The normalized spacial score (nSPS) is 15.8. The maximum absolute atomic E-state index is 12.5. The van der Waals surface area contributed by atoms with E-state index in [2.05, 4.69) is 32.7 Å². The number of likely N-dealkylation sites (tertiary alicyclic amines) is 1. The zero-order valence-electron chi connectivity index (χ0n) is 14.5. The maximum atomic E-state index is 12.5. The van der Waals surface area contributed by atoms with Crippen LogP contribution in [0.3, 0.4) is 0 Å². The van der Waals surface area contributed by atoms with Crippen molar-refractivity contribution < 1.29 is 4.79 Å². The summed E-state index contributed by atoms with van der Waals surface area (Å²) in [6, 6.07) is 12.2. The average Bonchev–Trinajstić information content (AvgIpc) is 3.37. The minimum absolute atomic E-state index is 0.0129. The van der Waals surface area contributed by atoms with Gasteiger partial charge in [-0.05, 0) is 48.6 Å². The lowest BCUT2D eigenvalue weighted by molar-refractivity contribution is 0.0909. The number of amides is 1. The minimum Gasteiger partial charge on any atom is -0.349 e. The van der Waals surface area contributed by atoms with Gasteiger partial charge in [-0.1, -0.05) is 6.07 Å². The van der Waals surface area contributed by atoms with Gasteiger partial charge in [-0.2, -0.15) is 0 Å². The van der Waals surface area contributed by atoms with Crippen molar-refractivity contribution in [3.05, 3.63) is 70.9 Å². The summed E-state index contributed by atoms with van der Waals surface area (Å²) in [6.07, 6.45) is 7.39. The smallest absolute Gasteiger partial charge is 0.251 e. The fraction of sp³-hybridized carbons (Fsp3) is 0.300. The number of hydrogen-bond acceptors (Lipinski definition) is 4. The second kappa shape index (κ2) is 7.85. The largest absolute Gasteiger partial charge is 0.349 e. The van der Waals surface area contributed by atoms with Gasteiger partial charge in [-0.25, -0.2) is 4.98 Å². The van der Waals surface area contributed by atoms with Crippen molar-refractivity contribution in [3.63, 3.8) is 0 Å². The predicted molar refractivity (Wildman–Crippen MR) is 104 cm³/mol. The first-order valence-electron chi connectivity index (χ1n) is 8.92. The molecule has 0 bridgehead atoms. The highest BCUT2D eigenvalue weighted by Crippen LogP contribution is 2.17. The van der Waals surface area contributed by atoms with Crippen LogP contribution >= 0.6 is 11.3 Å². The van der Waals surface area contributed by atoms with Gasteiger partial charge in [0.2, 0.25) is 0 Å². The molecular formula is C20H22N4OS. The number of carbonyl (C=O) groups is 1. The molecule has 1 aliphatic heterocycles. The van der Waals surface area contributed by atoms with Crippen LogP contribution in [0.2, 0.25) is 0 Å². The molecule has 0 radical (unpaired) electrons. The van der Waals surface area contributed by atoms with Crippen LogP contribution in [0.4, 0.5) is 0 Å². The Morgan fingerprint density at radius 1 is 1.19 bits per heavy atom. The molecule has 1 fully saturated rings. The van der Waals surface area contributed by atoms with Crippen molar-refractivity contribution in [2.24, 2.45) is 0 Å². The number of rotatable bonds is 5. The molecule has 4 rings (SSSR count). The fourth-order valence-corrected chi connectivity index (χ4v) is 4.07. The molecule has 134 valence electrons. The van der Waals surface area contributed by atoms with Crippen molar-refractivity contribution >= 4 is 17.2 Å². The molecule has 1 amide bonds. The van der Waals surface area contributed by atoms with Crippen LogP contribution in [-0.4, -0.2) is 39.5 Å². The van der Waals surface area contributed by atoms with Gasteiger partial charge < -0.3 is 9.88 Å². The highest BCUT2D eigenvalue weighted by molar-refractivity contribution is 7.09. The third-order valence-electron chi connectivity index (χ3n) is 4.81. The van der Waals surface area contributed by atoms with Crippen molar-refractivity contribution in [2.45, 2.75) is 25.4 Å². The Morgan fingerprint density at radius 3 is 2.65 bits per heavy atom. The first-order chi connectivity index (χ1) is 12.8. The maximum Gasteiger partial charge on any atom is 0.251 e. The van der Waals surface area contributed by atoms with E-state index in [0.717, 1.165) is 38.2 Å². The van der Waals surface area contributed by atoms with Gasteiger partial charge in [0.15, 0.2) is 0 Å². The molecule has 1 aromatic carbocycles. The van der Waals surface area contributed by atoms with E-state index in [-0.39, 0.29) is 11.9 Å². The number of thiophene rings is 1. The third kappa shape index (κ3) is 4.03. The zero-order valence-corrected chi connectivity index (χ0v) is 15.4. The van der Waals surface area contributed by atoms with E-state index in [1.165, 1.54) is 4.88 Å². The number of aromatic nitrogens is 2. The van der Waals surface area contributed by atoms with Gasteiger partial charge in [0.05, 0.1) is 6.33 Å². The van der Waals surface area contributed by atoms with Crippen LogP contribution in [0, 0.1) is 0 Å². The Morgan fingerprint density at radius 2 is 2.00 bits per heavy atom. The van der Waals surface area contributed by atoms with Gasteiger partial charge in [-0.3, -0.25) is 9.69 Å². The van der Waals surface area contributed by atoms with Crippen LogP contribution in [-0.2, 0) is 6.54 Å². The molecule has 26 heavy (non-hydrogen) atoms. The predicted octanol–water partition coefficient (Wildman–Crippen LogP) is 3.33. The number of imidazole rings is 1. The average molecular weight is 366 g/mol. The summed E-state index contributed by atoms with van der Waals surface area (Å²) < 4.78 is 1.92. The summed E-state index contributed by atoms with van der Waals surface area (Å²) >= 11 is 1.81. The lowest BCUT2D eigenvalue weighted by Crippen LogP contribution is -2.44. The molecule has 1 saturated heterocycles. The molecule has 0 unspecified atom stereocenters. The van der Waals surface area contributed by atoms with Crippen molar-refractivity contribution in [3.8, 4) is 5.69 Å². The zero-order chi connectivity index (χ0) is 17.8. The van der Waals surface area contributed by atoms with E-state index in [4.69, 9.17) is 0 Å². The topological polar surface area (TPSA) is 50.2 Å². The Kier molecular flexibility index (Phi) is 5.13. The molecule has 0 aliphatic carbocycles. The van der Waals surface area contributed by atoms with E-state index in [9.17, 15) is 4.79 Å². The summed E-state index contributed by atoms with van der Waals surface area (Å²) in [5, 5.41) is 5.31. The molecular weight excluding hydrogens is 344 g/mol. The third-order valence-corrected chi connectivity index (χ3v) is 5.68. The molecule has 1 aliphatic rings. The van der Waals surface area contributed by atoms with Crippen LogP contribution in [0.15, 0.2) is 60.5 Å². The van der Waals surface area contributed by atoms with Crippen molar-refractivity contribution in [1.82, 2.24) is 19.8 Å². The van der Waals surface area contributed by atoms with Gasteiger partial charge in [0, 0.05) is 54.2 Å². The van der Waals surface area contributed by atoms with Gasteiger partial charge in [0.25, 0.3) is 5.91 Å². The molecule has 0 atom stereocenters. The Balaban J connectivity index is 1.28. The van der Waals surface area contributed by atoms with Crippen LogP contribution < -0.4 is 5.32 Å². The number of benzene rings is 1.